The summed E-state index contributed by atoms with van der Waals surface area (Å²) in [7, 11) is 0. The number of pyridine rings is 1. The van der Waals surface area contributed by atoms with Crippen LogP contribution in [0.5, 0.6) is 0 Å². The van der Waals surface area contributed by atoms with Gasteiger partial charge < -0.3 is 5.32 Å². The molecule has 5 nitrogen and oxygen atoms in total. The molecule has 0 saturated carbocycles. The molecule has 0 radical (unpaired) electrons. The number of Topliss-reactive ketones (excluding diaryl/α,β-unsaturated/α-hetero) is 1. The summed E-state index contributed by atoms with van der Waals surface area (Å²) in [6.07, 6.45) is 1.24. The van der Waals surface area contributed by atoms with Crippen molar-refractivity contribution in [1.29, 1.82) is 0 Å². The van der Waals surface area contributed by atoms with Crippen LogP contribution in [0, 0.1) is 6.92 Å². The Morgan fingerprint density at radius 3 is 2.59 bits per heavy atom. The van der Waals surface area contributed by atoms with E-state index >= 15 is 0 Å². The summed E-state index contributed by atoms with van der Waals surface area (Å²) in [5, 5.41) is 3.38. The van der Waals surface area contributed by atoms with Crippen LogP contribution in [0.2, 0.25) is 0 Å². The van der Waals surface area contributed by atoms with Crippen molar-refractivity contribution in [3.05, 3.63) is 89.2 Å². The molecule has 5 heteroatoms. The number of aryl methyl sites for hydroxylation is 1. The number of amides is 1. The molecular weight excluding hydrogens is 338 g/mol. The van der Waals surface area contributed by atoms with E-state index in [1.54, 1.807) is 35.4 Å². The predicted molar refractivity (Wildman–Crippen MR) is 105 cm³/mol. The minimum Gasteiger partial charge on any atom is -0.360 e. The molecule has 0 bridgehead atoms. The fraction of sp³-hybridized carbons (Fsp3) is 0.136. The molecule has 0 saturated heterocycles. The largest absolute Gasteiger partial charge is 0.360 e. The summed E-state index contributed by atoms with van der Waals surface area (Å²) in [4.78, 5) is 30.9. The van der Waals surface area contributed by atoms with Crippen LogP contribution in [0.3, 0.4) is 0 Å². The highest BCUT2D eigenvalue weighted by Crippen LogP contribution is 2.37. The Balaban J connectivity index is 1.77. The molecule has 1 aromatic heterocycles. The second-order valence-electron chi connectivity index (χ2n) is 6.63. The average molecular weight is 357 g/mol. The van der Waals surface area contributed by atoms with Gasteiger partial charge in [0.05, 0.1) is 11.3 Å². The van der Waals surface area contributed by atoms with Crippen molar-refractivity contribution < 1.29 is 9.59 Å². The Bertz CT molecular complexity index is 1030. The summed E-state index contributed by atoms with van der Waals surface area (Å²) in [5.41, 5.74) is 4.56. The summed E-state index contributed by atoms with van der Waals surface area (Å²) >= 11 is 0. The molecule has 0 unspecified atom stereocenters. The third kappa shape index (κ3) is 3.08. The van der Waals surface area contributed by atoms with E-state index in [9.17, 15) is 9.59 Å². The van der Waals surface area contributed by atoms with Gasteiger partial charge in [0, 0.05) is 23.1 Å². The van der Waals surface area contributed by atoms with Crippen molar-refractivity contribution in [3.8, 4) is 0 Å². The molecule has 0 spiro atoms. The number of carbonyl (C=O) groups is 2. The standard InChI is InChI=1S/C22H19N3O2/c1-14-8-10-18(11-9-14)25-21(20-19(22(25)27)7-4-12-23-20)24-17-6-3-5-16(13-17)15(2)26/h3-13,21,24H,1-2H3/t21-/m1/s1. The summed E-state index contributed by atoms with van der Waals surface area (Å²) < 4.78 is 0. The molecule has 0 fully saturated rings. The van der Waals surface area contributed by atoms with Crippen molar-refractivity contribution in [2.45, 2.75) is 20.0 Å². The number of nitrogens with zero attached hydrogens (tertiary/aromatic N) is 2. The maximum Gasteiger partial charge on any atom is 0.262 e. The number of hydrogen-bond donors (Lipinski definition) is 1. The van der Waals surface area contributed by atoms with Crippen molar-refractivity contribution in [2.24, 2.45) is 0 Å². The molecule has 0 aliphatic carbocycles. The van der Waals surface area contributed by atoms with Crippen molar-refractivity contribution in [1.82, 2.24) is 4.98 Å². The van der Waals surface area contributed by atoms with Gasteiger partial charge in [-0.25, -0.2) is 0 Å². The van der Waals surface area contributed by atoms with Gasteiger partial charge in [-0.05, 0) is 50.2 Å². The van der Waals surface area contributed by atoms with E-state index in [0.29, 0.717) is 16.8 Å². The zero-order valence-corrected chi connectivity index (χ0v) is 15.1. The number of aromatic nitrogens is 1. The minimum atomic E-state index is -0.446. The first-order valence-electron chi connectivity index (χ1n) is 8.77. The number of ketones is 1. The molecular formula is C22H19N3O2. The molecule has 1 amide bonds. The summed E-state index contributed by atoms with van der Waals surface area (Å²) in [6.45, 7) is 3.54. The van der Waals surface area contributed by atoms with Crippen LogP contribution in [0.15, 0.2) is 66.9 Å². The van der Waals surface area contributed by atoms with E-state index in [-0.39, 0.29) is 11.7 Å². The van der Waals surface area contributed by atoms with Crippen LogP contribution in [0.25, 0.3) is 0 Å². The van der Waals surface area contributed by atoms with Gasteiger partial charge >= 0.3 is 0 Å². The molecule has 1 aliphatic rings. The van der Waals surface area contributed by atoms with E-state index in [1.807, 2.05) is 43.3 Å². The van der Waals surface area contributed by atoms with E-state index in [2.05, 4.69) is 10.3 Å². The van der Waals surface area contributed by atoms with Gasteiger partial charge in [-0.1, -0.05) is 29.8 Å². The van der Waals surface area contributed by atoms with Crippen molar-refractivity contribution >= 4 is 23.1 Å². The Kier molecular flexibility index (Phi) is 4.20. The highest BCUT2D eigenvalue weighted by atomic mass is 16.2. The van der Waals surface area contributed by atoms with Crippen LogP contribution in [-0.2, 0) is 0 Å². The quantitative estimate of drug-likeness (QED) is 0.705. The van der Waals surface area contributed by atoms with Crippen LogP contribution < -0.4 is 10.2 Å². The molecule has 1 N–H and O–H groups in total. The normalized spacial score (nSPS) is 15.6. The first-order valence-corrected chi connectivity index (χ1v) is 8.77. The smallest absolute Gasteiger partial charge is 0.262 e. The third-order valence-corrected chi connectivity index (χ3v) is 4.69. The zero-order valence-electron chi connectivity index (χ0n) is 15.1. The second-order valence-corrected chi connectivity index (χ2v) is 6.63. The maximum absolute atomic E-state index is 13.0. The summed E-state index contributed by atoms with van der Waals surface area (Å²) in [5.74, 6) is -0.0998. The lowest BCUT2D eigenvalue weighted by atomic mass is 10.1. The highest BCUT2D eigenvalue weighted by Gasteiger charge is 2.38. The Morgan fingerprint density at radius 2 is 1.85 bits per heavy atom. The number of fused-ring (bicyclic) bond motifs is 1. The molecule has 3 aromatic rings. The molecule has 2 heterocycles. The predicted octanol–water partition coefficient (Wildman–Crippen LogP) is 4.36. The van der Waals surface area contributed by atoms with Crippen molar-refractivity contribution in [3.63, 3.8) is 0 Å². The number of rotatable bonds is 4. The van der Waals surface area contributed by atoms with E-state index in [1.165, 1.54) is 6.92 Å². The van der Waals surface area contributed by atoms with E-state index in [4.69, 9.17) is 0 Å². The van der Waals surface area contributed by atoms with Gasteiger partial charge in [-0.3, -0.25) is 19.5 Å². The van der Waals surface area contributed by atoms with Gasteiger partial charge in [0.25, 0.3) is 5.91 Å². The lowest BCUT2D eigenvalue weighted by molar-refractivity contribution is 0.0989. The van der Waals surface area contributed by atoms with Gasteiger partial charge in [0.1, 0.15) is 0 Å². The molecule has 1 atom stereocenters. The van der Waals surface area contributed by atoms with E-state index < -0.39 is 6.17 Å². The third-order valence-electron chi connectivity index (χ3n) is 4.69. The van der Waals surface area contributed by atoms with Gasteiger partial charge in [0.15, 0.2) is 11.9 Å². The summed E-state index contributed by atoms with van der Waals surface area (Å²) in [6, 6.07) is 18.6. The monoisotopic (exact) mass is 357 g/mol. The number of nitrogens with one attached hydrogen (secondary N) is 1. The van der Waals surface area contributed by atoms with Crippen LogP contribution in [0.4, 0.5) is 11.4 Å². The number of carbonyl (C=O) groups excluding carboxylic acids is 2. The molecule has 4 rings (SSSR count). The van der Waals surface area contributed by atoms with Crippen molar-refractivity contribution in [2.75, 3.05) is 10.2 Å². The molecule has 2 aromatic carbocycles. The second kappa shape index (κ2) is 6.68. The lowest BCUT2D eigenvalue weighted by Gasteiger charge is -2.26. The SMILES string of the molecule is CC(=O)c1cccc(N[C@H]2c3ncccc3C(=O)N2c2ccc(C)cc2)c1. The van der Waals surface area contributed by atoms with Gasteiger partial charge in [-0.15, -0.1) is 0 Å². The maximum atomic E-state index is 13.0. The molecule has 134 valence electrons. The first kappa shape index (κ1) is 17.0. The first-order chi connectivity index (χ1) is 13.0. The molecule has 1 aliphatic heterocycles. The fourth-order valence-corrected chi connectivity index (χ4v) is 3.28. The highest BCUT2D eigenvalue weighted by molar-refractivity contribution is 6.11. The number of benzene rings is 2. The topological polar surface area (TPSA) is 62.3 Å². The Morgan fingerprint density at radius 1 is 1.07 bits per heavy atom. The Hall–Kier alpha value is -3.47. The van der Waals surface area contributed by atoms with Crippen LogP contribution >= 0.6 is 0 Å². The van der Waals surface area contributed by atoms with Gasteiger partial charge in [0.2, 0.25) is 0 Å². The zero-order chi connectivity index (χ0) is 19.0. The lowest BCUT2D eigenvalue weighted by Crippen LogP contribution is -2.32. The fourth-order valence-electron chi connectivity index (χ4n) is 3.28. The Labute approximate surface area is 157 Å². The number of anilines is 2. The number of hydrogen-bond acceptors (Lipinski definition) is 4. The van der Waals surface area contributed by atoms with Gasteiger partial charge in [-0.2, -0.15) is 0 Å². The minimum absolute atomic E-state index is 0.00457. The molecule has 27 heavy (non-hydrogen) atoms. The van der Waals surface area contributed by atoms with E-state index in [0.717, 1.165) is 16.9 Å². The van der Waals surface area contributed by atoms with Crippen LogP contribution in [0.1, 0.15) is 45.1 Å². The van der Waals surface area contributed by atoms with Crippen LogP contribution in [-0.4, -0.2) is 16.7 Å². The average Bonchev–Trinajstić information content (AvgIpc) is 2.95.